The Morgan fingerprint density at radius 2 is 2.12 bits per heavy atom. The summed E-state index contributed by atoms with van der Waals surface area (Å²) in [5, 5.41) is 30.7. The predicted molar refractivity (Wildman–Crippen MR) is 56.4 cm³/mol. The van der Waals surface area contributed by atoms with Crippen LogP contribution in [0.5, 0.6) is 0 Å². The first-order valence-electron chi connectivity index (χ1n) is 5.20. The normalized spacial score (nSPS) is 37.1. The number of carbonyl (C=O) groups is 1. The molecule has 2 aliphatic heterocycles. The molecule has 1 fully saturated rings. The predicted octanol–water partition coefficient (Wildman–Crippen LogP) is -1.52. The fourth-order valence-corrected chi connectivity index (χ4v) is 1.77. The highest BCUT2D eigenvalue weighted by Crippen LogP contribution is 2.24. The molecule has 4 N–H and O–H groups in total. The van der Waals surface area contributed by atoms with Gasteiger partial charge in [-0.1, -0.05) is 0 Å². The van der Waals surface area contributed by atoms with Crippen LogP contribution in [0.2, 0.25) is 0 Å². The van der Waals surface area contributed by atoms with E-state index in [2.05, 4.69) is 5.32 Å². The van der Waals surface area contributed by atoms with Crippen molar-refractivity contribution in [1.29, 1.82) is 0 Å². The number of hydrogen-bond acceptors (Lipinski definition) is 5. The molecule has 0 radical (unpaired) electrons. The summed E-state index contributed by atoms with van der Waals surface area (Å²) < 4.78 is 5.24. The lowest BCUT2D eigenvalue weighted by Crippen LogP contribution is -2.47. The number of hydrogen-bond donors (Lipinski definition) is 4. The number of ether oxygens (including phenoxy) is 1. The number of nitrogens with one attached hydrogen (secondary N) is 1. The van der Waals surface area contributed by atoms with Gasteiger partial charge in [0, 0.05) is 12.4 Å². The van der Waals surface area contributed by atoms with Crippen molar-refractivity contribution in [3.05, 3.63) is 24.6 Å². The topological polar surface area (TPSA) is 102 Å². The molecular formula is C10H14N2O5. The quantitative estimate of drug-likeness (QED) is 0.471. The van der Waals surface area contributed by atoms with Crippen LogP contribution in [0.1, 0.15) is 0 Å². The average molecular weight is 242 g/mol. The minimum Gasteiger partial charge on any atom is -0.394 e. The van der Waals surface area contributed by atoms with Gasteiger partial charge in [0.2, 0.25) is 0 Å². The van der Waals surface area contributed by atoms with Crippen LogP contribution < -0.4 is 5.32 Å². The number of rotatable bonds is 2. The minimum absolute atomic E-state index is 0.424. The van der Waals surface area contributed by atoms with Crippen molar-refractivity contribution in [1.82, 2.24) is 10.2 Å². The Morgan fingerprint density at radius 1 is 1.35 bits per heavy atom. The van der Waals surface area contributed by atoms with E-state index < -0.39 is 37.2 Å². The molecule has 0 saturated carbocycles. The molecule has 1 saturated heterocycles. The van der Waals surface area contributed by atoms with E-state index >= 15 is 0 Å². The summed E-state index contributed by atoms with van der Waals surface area (Å²) in [6, 6.07) is -0.482. The van der Waals surface area contributed by atoms with E-state index in [1.165, 1.54) is 12.4 Å². The van der Waals surface area contributed by atoms with Crippen molar-refractivity contribution in [2.24, 2.45) is 0 Å². The van der Waals surface area contributed by atoms with E-state index in [0.29, 0.717) is 0 Å². The first kappa shape index (κ1) is 12.1. The Bertz CT molecular complexity index is 357. The van der Waals surface area contributed by atoms with Crippen LogP contribution in [0, 0.1) is 0 Å². The highest BCUT2D eigenvalue weighted by atomic mass is 16.6. The van der Waals surface area contributed by atoms with Crippen molar-refractivity contribution in [3.8, 4) is 0 Å². The number of carbonyl (C=O) groups excluding carboxylic acids is 1. The third-order valence-corrected chi connectivity index (χ3v) is 2.69. The Labute approximate surface area is 97.6 Å². The molecule has 0 bridgehead atoms. The third-order valence-electron chi connectivity index (χ3n) is 2.69. The zero-order valence-corrected chi connectivity index (χ0v) is 8.93. The largest absolute Gasteiger partial charge is 0.394 e. The number of nitrogens with zero attached hydrogens (tertiary/aromatic N) is 1. The Kier molecular flexibility index (Phi) is 3.43. The van der Waals surface area contributed by atoms with Crippen LogP contribution in [0.15, 0.2) is 24.6 Å². The van der Waals surface area contributed by atoms with Gasteiger partial charge < -0.3 is 25.4 Å². The molecule has 0 aromatic rings. The summed E-state index contributed by atoms with van der Waals surface area (Å²) in [5.74, 6) is 0. The third kappa shape index (κ3) is 2.18. The smallest absolute Gasteiger partial charge is 0.327 e. The van der Waals surface area contributed by atoms with Crippen LogP contribution in [0.3, 0.4) is 0 Å². The van der Waals surface area contributed by atoms with Gasteiger partial charge in [0.1, 0.15) is 18.3 Å². The molecule has 0 aromatic heterocycles. The zero-order chi connectivity index (χ0) is 12.4. The zero-order valence-electron chi connectivity index (χ0n) is 8.93. The lowest BCUT2D eigenvalue weighted by molar-refractivity contribution is -0.0645. The molecule has 7 nitrogen and oxygen atoms in total. The highest BCUT2D eigenvalue weighted by Gasteiger charge is 2.46. The van der Waals surface area contributed by atoms with Crippen LogP contribution >= 0.6 is 0 Å². The maximum absolute atomic E-state index is 11.6. The van der Waals surface area contributed by atoms with Gasteiger partial charge >= 0.3 is 6.03 Å². The second kappa shape index (κ2) is 4.84. The summed E-state index contributed by atoms with van der Waals surface area (Å²) in [6.07, 6.45) is 1.68. The van der Waals surface area contributed by atoms with E-state index in [9.17, 15) is 15.0 Å². The van der Waals surface area contributed by atoms with Gasteiger partial charge in [-0.25, -0.2) is 4.79 Å². The molecule has 0 aliphatic carbocycles. The van der Waals surface area contributed by atoms with Crippen LogP contribution in [0.25, 0.3) is 0 Å². The van der Waals surface area contributed by atoms with Crippen molar-refractivity contribution in [3.63, 3.8) is 0 Å². The Hall–Kier alpha value is -1.41. The lowest BCUT2D eigenvalue weighted by atomic mass is 10.1. The summed E-state index contributed by atoms with van der Waals surface area (Å²) in [4.78, 5) is 12.8. The average Bonchev–Trinajstić information content (AvgIpc) is 2.51. The molecule has 94 valence electrons. The second-order valence-electron chi connectivity index (χ2n) is 3.79. The number of amides is 2. The number of aliphatic hydroxyl groups excluding tert-OH is 3. The molecule has 0 unspecified atom stereocenters. The maximum Gasteiger partial charge on any atom is 0.327 e. The number of aliphatic hydroxyl groups is 3. The Morgan fingerprint density at radius 3 is 2.76 bits per heavy atom. The SMILES string of the molecule is O=C1NC=CC=CN1[C@@H]1O[C@H](CO)[C@@H](O)[C@H]1O. The fourth-order valence-electron chi connectivity index (χ4n) is 1.77. The van der Waals surface area contributed by atoms with Crippen LogP contribution in [-0.2, 0) is 4.74 Å². The van der Waals surface area contributed by atoms with E-state index in [1.807, 2.05) is 0 Å². The van der Waals surface area contributed by atoms with Gasteiger partial charge in [-0.3, -0.25) is 4.90 Å². The fraction of sp³-hybridized carbons (Fsp3) is 0.500. The maximum atomic E-state index is 11.6. The van der Waals surface area contributed by atoms with Crippen molar-refractivity contribution < 1.29 is 24.9 Å². The summed E-state index contributed by atoms with van der Waals surface area (Å²) in [6.45, 7) is -0.424. The molecule has 4 atom stereocenters. The molecular weight excluding hydrogens is 228 g/mol. The lowest BCUT2D eigenvalue weighted by Gasteiger charge is -2.26. The number of allylic oxidation sites excluding steroid dienone is 2. The van der Waals surface area contributed by atoms with Crippen molar-refractivity contribution in [2.75, 3.05) is 6.61 Å². The van der Waals surface area contributed by atoms with E-state index in [1.54, 1.807) is 12.2 Å². The van der Waals surface area contributed by atoms with Gasteiger partial charge in [-0.05, 0) is 12.2 Å². The van der Waals surface area contributed by atoms with Gasteiger partial charge in [0.05, 0.1) is 6.61 Å². The Balaban J connectivity index is 2.15. The molecule has 2 aliphatic rings. The van der Waals surface area contributed by atoms with E-state index in [-0.39, 0.29) is 0 Å². The first-order valence-corrected chi connectivity index (χ1v) is 5.20. The van der Waals surface area contributed by atoms with E-state index in [4.69, 9.17) is 9.84 Å². The van der Waals surface area contributed by atoms with Gasteiger partial charge in [0.25, 0.3) is 0 Å². The molecule has 2 heterocycles. The monoisotopic (exact) mass is 242 g/mol. The van der Waals surface area contributed by atoms with Crippen molar-refractivity contribution in [2.45, 2.75) is 24.5 Å². The van der Waals surface area contributed by atoms with Crippen LogP contribution in [0.4, 0.5) is 4.79 Å². The molecule has 2 rings (SSSR count). The second-order valence-corrected chi connectivity index (χ2v) is 3.79. The van der Waals surface area contributed by atoms with Crippen molar-refractivity contribution >= 4 is 6.03 Å². The highest BCUT2D eigenvalue weighted by molar-refractivity contribution is 5.77. The molecule has 17 heavy (non-hydrogen) atoms. The summed E-state index contributed by atoms with van der Waals surface area (Å²) in [7, 11) is 0. The summed E-state index contributed by atoms with van der Waals surface area (Å²) >= 11 is 0. The van der Waals surface area contributed by atoms with Gasteiger partial charge in [0.15, 0.2) is 6.23 Å². The van der Waals surface area contributed by atoms with Gasteiger partial charge in [-0.2, -0.15) is 0 Å². The molecule has 7 heteroatoms. The molecule has 0 spiro atoms. The number of urea groups is 1. The van der Waals surface area contributed by atoms with E-state index in [0.717, 1.165) is 4.90 Å². The first-order chi connectivity index (χ1) is 8.15. The standard InChI is InChI=1S/C10H14N2O5/c13-5-6-7(14)8(15)9(17-6)12-4-2-1-3-11-10(12)16/h1-4,6-9,13-15H,5H2,(H,11,16)/t6-,7-,8-,9-/m1/s1. The summed E-state index contributed by atoms with van der Waals surface area (Å²) in [5.41, 5.74) is 0. The molecule has 0 aromatic carbocycles. The molecule has 2 amide bonds. The minimum atomic E-state index is -1.26. The van der Waals surface area contributed by atoms with Gasteiger partial charge in [-0.15, -0.1) is 0 Å². The van der Waals surface area contributed by atoms with Crippen LogP contribution in [-0.4, -0.2) is 57.4 Å².